The first-order valence-electron chi connectivity index (χ1n) is 6.68. The molecule has 0 radical (unpaired) electrons. The lowest BCUT2D eigenvalue weighted by Gasteiger charge is -2.15. The van der Waals surface area contributed by atoms with Gasteiger partial charge in [0.1, 0.15) is 5.75 Å². The summed E-state index contributed by atoms with van der Waals surface area (Å²) in [6.45, 7) is 0.291. The molecule has 21 heavy (non-hydrogen) atoms. The summed E-state index contributed by atoms with van der Waals surface area (Å²) >= 11 is 0. The second-order valence-electron chi connectivity index (χ2n) is 4.80. The normalized spacial score (nSPS) is 12.9. The summed E-state index contributed by atoms with van der Waals surface area (Å²) in [5.41, 5.74) is 6.69. The van der Waals surface area contributed by atoms with E-state index in [4.69, 9.17) is 10.5 Å². The number of benzene rings is 2. The third-order valence-corrected chi connectivity index (χ3v) is 5.23. The standard InChI is InChI=1S/C16H19NO3S/c1-20-15-7-9-16(10-8-15)21(18,19)12-14(11-17)13-5-3-2-4-6-13/h2-10,14H,11-12,17H2,1H3. The third-order valence-electron chi connectivity index (χ3n) is 3.39. The van der Waals surface area contributed by atoms with Crippen LogP contribution in [0.3, 0.4) is 0 Å². The minimum absolute atomic E-state index is 0.000157. The molecular weight excluding hydrogens is 286 g/mol. The maximum absolute atomic E-state index is 12.5. The molecule has 0 aliphatic carbocycles. The highest BCUT2D eigenvalue weighted by Crippen LogP contribution is 2.22. The Morgan fingerprint density at radius 2 is 1.67 bits per heavy atom. The van der Waals surface area contributed by atoms with Crippen molar-refractivity contribution in [3.8, 4) is 5.75 Å². The Balaban J connectivity index is 2.22. The van der Waals surface area contributed by atoms with Gasteiger partial charge >= 0.3 is 0 Å². The van der Waals surface area contributed by atoms with Crippen LogP contribution in [0.1, 0.15) is 11.5 Å². The second kappa shape index (κ2) is 6.74. The van der Waals surface area contributed by atoms with Gasteiger partial charge in [-0.3, -0.25) is 0 Å². The fourth-order valence-electron chi connectivity index (χ4n) is 2.17. The average molecular weight is 305 g/mol. The van der Waals surface area contributed by atoms with Crippen LogP contribution in [-0.4, -0.2) is 27.8 Å². The van der Waals surface area contributed by atoms with E-state index in [1.165, 1.54) is 0 Å². The van der Waals surface area contributed by atoms with Crippen LogP contribution >= 0.6 is 0 Å². The van der Waals surface area contributed by atoms with Gasteiger partial charge in [0.15, 0.2) is 9.84 Å². The quantitative estimate of drug-likeness (QED) is 0.888. The number of nitrogens with two attached hydrogens (primary N) is 1. The summed E-state index contributed by atoms with van der Waals surface area (Å²) < 4.78 is 30.0. The van der Waals surface area contributed by atoms with Crippen molar-refractivity contribution in [1.29, 1.82) is 0 Å². The zero-order chi connectivity index (χ0) is 15.3. The summed E-state index contributed by atoms with van der Waals surface area (Å²) in [6, 6.07) is 15.9. The molecule has 0 bridgehead atoms. The molecule has 4 nitrogen and oxygen atoms in total. The summed E-state index contributed by atoms with van der Waals surface area (Å²) in [7, 11) is -1.84. The van der Waals surface area contributed by atoms with Crippen molar-refractivity contribution in [2.24, 2.45) is 5.73 Å². The molecule has 0 heterocycles. The number of ether oxygens (including phenoxy) is 1. The largest absolute Gasteiger partial charge is 0.497 e. The Bertz CT molecular complexity index is 666. The molecule has 112 valence electrons. The van der Waals surface area contributed by atoms with Gasteiger partial charge in [-0.25, -0.2) is 8.42 Å². The third kappa shape index (κ3) is 3.83. The predicted octanol–water partition coefficient (Wildman–Crippen LogP) is 2.21. The highest BCUT2D eigenvalue weighted by Gasteiger charge is 2.21. The zero-order valence-corrected chi connectivity index (χ0v) is 12.7. The van der Waals surface area contributed by atoms with Gasteiger partial charge in [-0.1, -0.05) is 30.3 Å². The van der Waals surface area contributed by atoms with Crippen LogP contribution in [0.5, 0.6) is 5.75 Å². The number of sulfone groups is 1. The van der Waals surface area contributed by atoms with Crippen molar-refractivity contribution >= 4 is 9.84 Å². The van der Waals surface area contributed by atoms with E-state index in [0.717, 1.165) is 5.56 Å². The van der Waals surface area contributed by atoms with Crippen LogP contribution in [-0.2, 0) is 9.84 Å². The molecule has 0 amide bonds. The topological polar surface area (TPSA) is 69.4 Å². The minimum Gasteiger partial charge on any atom is -0.497 e. The molecular formula is C16H19NO3S. The Hall–Kier alpha value is -1.85. The molecule has 0 fully saturated rings. The number of hydrogen-bond donors (Lipinski definition) is 1. The van der Waals surface area contributed by atoms with E-state index in [1.807, 2.05) is 30.3 Å². The Labute approximate surface area is 125 Å². The van der Waals surface area contributed by atoms with Gasteiger partial charge in [0.2, 0.25) is 0 Å². The average Bonchev–Trinajstić information content (AvgIpc) is 2.53. The molecule has 0 saturated heterocycles. The molecule has 0 aliphatic rings. The highest BCUT2D eigenvalue weighted by molar-refractivity contribution is 7.91. The smallest absolute Gasteiger partial charge is 0.179 e. The summed E-state index contributed by atoms with van der Waals surface area (Å²) in [4.78, 5) is 0.290. The molecule has 1 atom stereocenters. The molecule has 2 aromatic carbocycles. The minimum atomic E-state index is -3.38. The van der Waals surface area contributed by atoms with Crippen LogP contribution in [0.25, 0.3) is 0 Å². The van der Waals surface area contributed by atoms with Gasteiger partial charge in [-0.15, -0.1) is 0 Å². The maximum Gasteiger partial charge on any atom is 0.179 e. The maximum atomic E-state index is 12.5. The van der Waals surface area contributed by atoms with E-state index in [0.29, 0.717) is 12.3 Å². The number of methoxy groups -OCH3 is 1. The van der Waals surface area contributed by atoms with Crippen molar-refractivity contribution in [3.63, 3.8) is 0 Å². The van der Waals surface area contributed by atoms with Crippen LogP contribution in [0, 0.1) is 0 Å². The lowest BCUT2D eigenvalue weighted by molar-refractivity contribution is 0.414. The summed E-state index contributed by atoms with van der Waals surface area (Å²) in [5.74, 6) is 0.422. The Kier molecular flexibility index (Phi) is 4.98. The summed E-state index contributed by atoms with van der Waals surface area (Å²) in [6.07, 6.45) is 0. The van der Waals surface area contributed by atoms with Crippen molar-refractivity contribution < 1.29 is 13.2 Å². The molecule has 2 N–H and O–H groups in total. The van der Waals surface area contributed by atoms with E-state index >= 15 is 0 Å². The van der Waals surface area contributed by atoms with Gasteiger partial charge in [0.05, 0.1) is 17.8 Å². The Morgan fingerprint density at radius 1 is 1.05 bits per heavy atom. The first-order chi connectivity index (χ1) is 10.1. The monoisotopic (exact) mass is 305 g/mol. The van der Waals surface area contributed by atoms with Crippen LogP contribution in [0.4, 0.5) is 0 Å². The lowest BCUT2D eigenvalue weighted by Crippen LogP contribution is -2.22. The van der Waals surface area contributed by atoms with Gasteiger partial charge in [0.25, 0.3) is 0 Å². The molecule has 2 rings (SSSR count). The lowest BCUT2D eigenvalue weighted by atomic mass is 10.0. The molecule has 0 spiro atoms. The molecule has 5 heteroatoms. The van der Waals surface area contributed by atoms with E-state index in [-0.39, 0.29) is 16.6 Å². The van der Waals surface area contributed by atoms with E-state index < -0.39 is 9.84 Å². The van der Waals surface area contributed by atoms with Crippen molar-refractivity contribution in [1.82, 2.24) is 0 Å². The van der Waals surface area contributed by atoms with Gasteiger partial charge in [-0.2, -0.15) is 0 Å². The first kappa shape index (κ1) is 15.5. The van der Waals surface area contributed by atoms with Gasteiger partial charge in [0, 0.05) is 12.5 Å². The van der Waals surface area contributed by atoms with Crippen molar-refractivity contribution in [3.05, 3.63) is 60.2 Å². The second-order valence-corrected chi connectivity index (χ2v) is 6.83. The highest BCUT2D eigenvalue weighted by atomic mass is 32.2. The number of hydrogen-bond acceptors (Lipinski definition) is 4. The molecule has 0 aromatic heterocycles. The molecule has 1 unspecified atom stereocenters. The summed E-state index contributed by atoms with van der Waals surface area (Å²) in [5, 5.41) is 0. The molecule has 0 saturated carbocycles. The molecule has 2 aromatic rings. The van der Waals surface area contributed by atoms with Gasteiger partial charge in [-0.05, 0) is 29.8 Å². The van der Waals surface area contributed by atoms with Gasteiger partial charge < -0.3 is 10.5 Å². The van der Waals surface area contributed by atoms with Crippen LogP contribution in [0.15, 0.2) is 59.5 Å². The first-order valence-corrected chi connectivity index (χ1v) is 8.34. The van der Waals surface area contributed by atoms with E-state index in [1.54, 1.807) is 31.4 Å². The zero-order valence-electron chi connectivity index (χ0n) is 11.9. The van der Waals surface area contributed by atoms with Crippen LogP contribution in [0.2, 0.25) is 0 Å². The van der Waals surface area contributed by atoms with E-state index in [2.05, 4.69) is 0 Å². The fourth-order valence-corrected chi connectivity index (χ4v) is 3.77. The fraction of sp³-hybridized carbons (Fsp3) is 0.250. The predicted molar refractivity (Wildman–Crippen MR) is 83.3 cm³/mol. The SMILES string of the molecule is COc1ccc(S(=O)(=O)CC(CN)c2ccccc2)cc1. The van der Waals surface area contributed by atoms with Crippen molar-refractivity contribution in [2.45, 2.75) is 10.8 Å². The van der Waals surface area contributed by atoms with Crippen LogP contribution < -0.4 is 10.5 Å². The Morgan fingerprint density at radius 3 is 2.19 bits per heavy atom. The van der Waals surface area contributed by atoms with E-state index in [9.17, 15) is 8.42 Å². The van der Waals surface area contributed by atoms with Crippen molar-refractivity contribution in [2.75, 3.05) is 19.4 Å². The number of rotatable bonds is 6. The molecule has 0 aliphatic heterocycles.